The Kier molecular flexibility index (Phi) is 7.17. The fourth-order valence-electron chi connectivity index (χ4n) is 4.50. The molecule has 3 heterocycles. The summed E-state index contributed by atoms with van der Waals surface area (Å²) in [7, 11) is 3.01. The SMILES string of the molecule is COc1cc(Cc2cnc(N)nc2N)cc(C(=O)/C=C/N2N=Cc3ccccc3C2c2ccccn2)c1OC. The molecule has 0 saturated carbocycles. The molecule has 1 aliphatic rings. The lowest BCUT2D eigenvalue weighted by Gasteiger charge is -2.30. The molecule has 1 aliphatic heterocycles. The van der Waals surface area contributed by atoms with E-state index < -0.39 is 0 Å². The number of anilines is 2. The van der Waals surface area contributed by atoms with Crippen molar-refractivity contribution in [2.45, 2.75) is 12.5 Å². The van der Waals surface area contributed by atoms with Crippen LogP contribution in [0.1, 0.15) is 44.3 Å². The number of carbonyl (C=O) groups excluding carboxylic acids is 1. The second-order valence-electron chi connectivity index (χ2n) is 8.78. The minimum absolute atomic E-state index is 0.0940. The normalized spacial score (nSPS) is 14.3. The van der Waals surface area contributed by atoms with Crippen LogP contribution in [0.25, 0.3) is 0 Å². The van der Waals surface area contributed by atoms with Crippen molar-refractivity contribution < 1.29 is 14.3 Å². The molecule has 10 nitrogen and oxygen atoms in total. The van der Waals surface area contributed by atoms with Crippen LogP contribution in [0.15, 0.2) is 84.4 Å². The average Bonchev–Trinajstić information content (AvgIpc) is 2.96. The van der Waals surface area contributed by atoms with Crippen LogP contribution in [0, 0.1) is 0 Å². The zero-order valence-electron chi connectivity index (χ0n) is 21.5. The van der Waals surface area contributed by atoms with Gasteiger partial charge in [0.2, 0.25) is 5.95 Å². The van der Waals surface area contributed by atoms with Crippen LogP contribution in [0.5, 0.6) is 11.5 Å². The number of pyridine rings is 1. The van der Waals surface area contributed by atoms with Gasteiger partial charge >= 0.3 is 0 Å². The Morgan fingerprint density at radius 3 is 2.62 bits per heavy atom. The summed E-state index contributed by atoms with van der Waals surface area (Å²) in [5, 5.41) is 6.32. The van der Waals surface area contributed by atoms with Gasteiger partial charge in [0, 0.05) is 42.2 Å². The second kappa shape index (κ2) is 11.0. The Balaban J connectivity index is 1.49. The number of hydrogen-bond donors (Lipinski definition) is 2. The quantitative estimate of drug-likeness (QED) is 0.262. The van der Waals surface area contributed by atoms with Gasteiger partial charge in [-0.25, -0.2) is 4.98 Å². The largest absolute Gasteiger partial charge is 0.493 e. The summed E-state index contributed by atoms with van der Waals surface area (Å²) in [5.74, 6) is 0.817. The first-order valence-corrected chi connectivity index (χ1v) is 12.1. The lowest BCUT2D eigenvalue weighted by atomic mass is 9.96. The lowest BCUT2D eigenvalue weighted by Crippen LogP contribution is -2.25. The Morgan fingerprint density at radius 2 is 1.87 bits per heavy atom. The number of allylic oxidation sites excluding steroid dienone is 1. The van der Waals surface area contributed by atoms with Gasteiger partial charge in [0.25, 0.3) is 0 Å². The van der Waals surface area contributed by atoms with Crippen molar-refractivity contribution in [3.05, 3.63) is 113 Å². The van der Waals surface area contributed by atoms with Crippen LogP contribution in [-0.2, 0) is 6.42 Å². The number of nitrogens with zero attached hydrogens (tertiary/aromatic N) is 5. The number of rotatable bonds is 8. The molecule has 2 aromatic heterocycles. The number of hydrogen-bond acceptors (Lipinski definition) is 10. The Morgan fingerprint density at radius 1 is 1.05 bits per heavy atom. The number of carbonyl (C=O) groups is 1. The Labute approximate surface area is 225 Å². The lowest BCUT2D eigenvalue weighted by molar-refractivity contribution is 0.104. The van der Waals surface area contributed by atoms with Crippen LogP contribution in [0.2, 0.25) is 0 Å². The number of methoxy groups -OCH3 is 2. The van der Waals surface area contributed by atoms with Gasteiger partial charge in [-0.1, -0.05) is 30.3 Å². The summed E-state index contributed by atoms with van der Waals surface area (Å²) in [6.45, 7) is 0. The number of fused-ring (bicyclic) bond motifs is 1. The van der Waals surface area contributed by atoms with Crippen molar-refractivity contribution in [2.24, 2.45) is 5.10 Å². The van der Waals surface area contributed by atoms with Gasteiger partial charge in [0.1, 0.15) is 11.9 Å². The highest BCUT2D eigenvalue weighted by Crippen LogP contribution is 2.35. The molecule has 1 unspecified atom stereocenters. The summed E-state index contributed by atoms with van der Waals surface area (Å²) in [4.78, 5) is 26.2. The van der Waals surface area contributed by atoms with E-state index in [-0.39, 0.29) is 23.6 Å². The third-order valence-electron chi connectivity index (χ3n) is 6.35. The first-order valence-electron chi connectivity index (χ1n) is 12.1. The fraction of sp³-hybridized carbons (Fsp3) is 0.138. The van der Waals surface area contributed by atoms with Crippen molar-refractivity contribution >= 4 is 23.8 Å². The molecule has 4 aromatic rings. The van der Waals surface area contributed by atoms with E-state index in [1.54, 1.807) is 41.9 Å². The maximum Gasteiger partial charge on any atom is 0.221 e. The van der Waals surface area contributed by atoms with Crippen molar-refractivity contribution in [3.63, 3.8) is 0 Å². The molecule has 10 heteroatoms. The van der Waals surface area contributed by atoms with E-state index in [0.29, 0.717) is 29.0 Å². The molecular formula is C29H27N7O3. The molecule has 39 heavy (non-hydrogen) atoms. The highest BCUT2D eigenvalue weighted by atomic mass is 16.5. The molecule has 196 valence electrons. The van der Waals surface area contributed by atoms with Gasteiger partial charge in [-0.05, 0) is 35.4 Å². The highest BCUT2D eigenvalue weighted by Gasteiger charge is 2.26. The monoisotopic (exact) mass is 521 g/mol. The molecule has 0 fully saturated rings. The van der Waals surface area contributed by atoms with E-state index >= 15 is 0 Å². The van der Waals surface area contributed by atoms with Crippen LogP contribution in [-0.4, -0.2) is 46.2 Å². The van der Waals surface area contributed by atoms with Gasteiger partial charge in [0.05, 0.1) is 31.7 Å². The van der Waals surface area contributed by atoms with E-state index in [4.69, 9.17) is 20.9 Å². The molecule has 5 rings (SSSR count). The summed E-state index contributed by atoms with van der Waals surface area (Å²) < 4.78 is 11.1. The molecular weight excluding hydrogens is 494 g/mol. The molecule has 2 aromatic carbocycles. The highest BCUT2D eigenvalue weighted by molar-refractivity contribution is 6.07. The predicted octanol–water partition coefficient (Wildman–Crippen LogP) is 3.78. The first-order chi connectivity index (χ1) is 19.0. The number of ether oxygens (including phenoxy) is 2. The predicted molar refractivity (Wildman–Crippen MR) is 149 cm³/mol. The van der Waals surface area contributed by atoms with Gasteiger partial charge in [0.15, 0.2) is 17.3 Å². The van der Waals surface area contributed by atoms with Gasteiger partial charge in [-0.2, -0.15) is 10.1 Å². The van der Waals surface area contributed by atoms with Crippen molar-refractivity contribution in [1.29, 1.82) is 0 Å². The van der Waals surface area contributed by atoms with Crippen LogP contribution in [0.3, 0.4) is 0 Å². The molecule has 0 radical (unpaired) electrons. The maximum atomic E-state index is 13.6. The summed E-state index contributed by atoms with van der Waals surface area (Å²) in [6.07, 6.45) is 8.56. The number of benzene rings is 2. The zero-order valence-corrected chi connectivity index (χ0v) is 21.5. The Bertz CT molecular complexity index is 1570. The summed E-state index contributed by atoms with van der Waals surface area (Å²) >= 11 is 0. The van der Waals surface area contributed by atoms with E-state index in [0.717, 1.165) is 22.4 Å². The molecule has 0 amide bonds. The van der Waals surface area contributed by atoms with Crippen molar-refractivity contribution in [2.75, 3.05) is 25.7 Å². The minimum atomic E-state index is -0.298. The molecule has 4 N–H and O–H groups in total. The molecule has 0 spiro atoms. The van der Waals surface area contributed by atoms with Crippen LogP contribution in [0.4, 0.5) is 11.8 Å². The number of nitrogen functional groups attached to an aromatic ring is 2. The van der Waals surface area contributed by atoms with Crippen LogP contribution < -0.4 is 20.9 Å². The van der Waals surface area contributed by atoms with Crippen molar-refractivity contribution in [3.8, 4) is 11.5 Å². The molecule has 0 bridgehead atoms. The van der Waals surface area contributed by atoms with E-state index in [1.165, 1.54) is 20.3 Å². The minimum Gasteiger partial charge on any atom is -0.493 e. The average molecular weight is 522 g/mol. The zero-order chi connectivity index (χ0) is 27.4. The number of hydrazone groups is 1. The van der Waals surface area contributed by atoms with E-state index in [1.807, 2.05) is 42.5 Å². The number of ketones is 1. The number of aromatic nitrogens is 3. The molecule has 0 saturated heterocycles. The van der Waals surface area contributed by atoms with E-state index in [2.05, 4.69) is 20.1 Å². The molecule has 0 aliphatic carbocycles. The summed E-state index contributed by atoms with van der Waals surface area (Å²) in [6, 6.07) is 16.9. The van der Waals surface area contributed by atoms with Gasteiger partial charge in [-0.15, -0.1) is 0 Å². The third-order valence-corrected chi connectivity index (χ3v) is 6.35. The Hall–Kier alpha value is -5.25. The maximum absolute atomic E-state index is 13.6. The topological polar surface area (TPSA) is 142 Å². The van der Waals surface area contributed by atoms with Crippen LogP contribution >= 0.6 is 0 Å². The number of nitrogens with two attached hydrogens (primary N) is 2. The summed E-state index contributed by atoms with van der Waals surface area (Å²) in [5.41, 5.74) is 16.3. The van der Waals surface area contributed by atoms with Crippen molar-refractivity contribution in [1.82, 2.24) is 20.0 Å². The first kappa shape index (κ1) is 25.4. The van der Waals surface area contributed by atoms with Gasteiger partial charge in [-0.3, -0.25) is 14.8 Å². The standard InChI is InChI=1S/C29H27N7O3/c1-38-25-15-18(13-20-16-33-29(31)35-28(20)30)14-22(27(25)39-2)24(37)10-12-36-26(23-9-5-6-11-32-23)21-8-4-3-7-19(21)17-34-36/h3-12,14-17,26H,13H2,1-2H3,(H4,30,31,33,35)/b12-10+. The smallest absolute Gasteiger partial charge is 0.221 e. The van der Waals surface area contributed by atoms with Gasteiger partial charge < -0.3 is 20.9 Å². The fourth-order valence-corrected chi connectivity index (χ4v) is 4.50. The second-order valence-corrected chi connectivity index (χ2v) is 8.78. The third kappa shape index (κ3) is 5.26. The van der Waals surface area contributed by atoms with E-state index in [9.17, 15) is 4.79 Å². The molecule has 1 atom stereocenters.